The van der Waals surface area contributed by atoms with E-state index in [-0.39, 0.29) is 12.5 Å². The summed E-state index contributed by atoms with van der Waals surface area (Å²) in [6, 6.07) is 13.0. The van der Waals surface area contributed by atoms with Crippen molar-refractivity contribution in [2.45, 2.75) is 19.8 Å². The summed E-state index contributed by atoms with van der Waals surface area (Å²) in [6.45, 7) is 5.27. The van der Waals surface area contributed by atoms with Gasteiger partial charge in [0.2, 0.25) is 0 Å². The Morgan fingerprint density at radius 1 is 1.05 bits per heavy atom. The molecule has 1 aliphatic rings. The Hall–Kier alpha value is -1.80. The molecule has 1 atom stereocenters. The van der Waals surface area contributed by atoms with Crippen molar-refractivity contribution in [1.82, 2.24) is 0 Å². The fourth-order valence-electron chi connectivity index (χ4n) is 2.99. The second-order valence-electron chi connectivity index (χ2n) is 5.16. The normalized spacial score (nSPS) is 16.1. The van der Waals surface area contributed by atoms with Gasteiger partial charge in [0.05, 0.1) is 6.61 Å². The molecule has 0 aromatic heterocycles. The monoisotopic (exact) mass is 253 g/mol. The first-order chi connectivity index (χ1) is 9.24. The molecule has 0 radical (unpaired) electrons. The Morgan fingerprint density at radius 2 is 1.74 bits per heavy atom. The van der Waals surface area contributed by atoms with E-state index in [0.717, 1.165) is 12.2 Å². The third-order valence-corrected chi connectivity index (χ3v) is 3.86. The topological polar surface area (TPSA) is 32.3 Å². The number of aliphatic hydroxyl groups excluding tert-OH is 1. The lowest BCUT2D eigenvalue weighted by Crippen LogP contribution is -2.03. The molecule has 3 rings (SSSR count). The van der Waals surface area contributed by atoms with E-state index in [0.29, 0.717) is 0 Å². The number of aliphatic hydroxyl groups is 1. The van der Waals surface area contributed by atoms with Crippen LogP contribution in [0.1, 0.15) is 29.5 Å². The second kappa shape index (κ2) is 4.71. The fraction of sp³-hybridized carbons (Fsp3) is 0.294. The molecular weight excluding hydrogens is 234 g/mol. The lowest BCUT2D eigenvalue weighted by atomic mass is 9.96. The third kappa shape index (κ3) is 1.92. The highest BCUT2D eigenvalue weighted by atomic mass is 16.3. The molecule has 0 spiro atoms. The second-order valence-corrected chi connectivity index (χ2v) is 5.16. The van der Waals surface area contributed by atoms with Gasteiger partial charge in [-0.25, -0.2) is 0 Å². The van der Waals surface area contributed by atoms with E-state index in [2.05, 4.69) is 55.6 Å². The van der Waals surface area contributed by atoms with E-state index in [1.165, 1.54) is 27.8 Å². The Labute approximate surface area is 114 Å². The highest BCUT2D eigenvalue weighted by molar-refractivity contribution is 5.81. The van der Waals surface area contributed by atoms with Gasteiger partial charge in [0.25, 0.3) is 0 Å². The maximum atomic E-state index is 9.75. The van der Waals surface area contributed by atoms with Crippen LogP contribution in [0.5, 0.6) is 0 Å². The van der Waals surface area contributed by atoms with Gasteiger partial charge in [-0.1, -0.05) is 29.8 Å². The third-order valence-electron chi connectivity index (χ3n) is 3.86. The maximum Gasteiger partial charge on any atom is 0.0540 e. The van der Waals surface area contributed by atoms with Gasteiger partial charge >= 0.3 is 0 Å². The molecule has 2 heteroatoms. The highest BCUT2D eigenvalue weighted by Gasteiger charge is 2.28. The van der Waals surface area contributed by atoms with Gasteiger partial charge in [-0.3, -0.25) is 0 Å². The van der Waals surface area contributed by atoms with E-state index < -0.39 is 0 Å². The molecule has 0 amide bonds. The van der Waals surface area contributed by atoms with E-state index in [1.807, 2.05) is 0 Å². The quantitative estimate of drug-likeness (QED) is 0.877. The van der Waals surface area contributed by atoms with Crippen LogP contribution in [0.3, 0.4) is 0 Å². The zero-order valence-electron chi connectivity index (χ0n) is 11.4. The minimum Gasteiger partial charge on any atom is -0.395 e. The largest absolute Gasteiger partial charge is 0.395 e. The van der Waals surface area contributed by atoms with Crippen molar-refractivity contribution < 1.29 is 5.11 Å². The van der Waals surface area contributed by atoms with Crippen LogP contribution in [0.15, 0.2) is 36.4 Å². The van der Waals surface area contributed by atoms with E-state index >= 15 is 0 Å². The number of fused-ring (bicyclic) bond motifs is 3. The minimum absolute atomic E-state index is 0.114. The average molecular weight is 253 g/mol. The van der Waals surface area contributed by atoms with Crippen LogP contribution in [-0.2, 0) is 0 Å². The maximum absolute atomic E-state index is 9.75. The summed E-state index contributed by atoms with van der Waals surface area (Å²) in [4.78, 5) is 0. The van der Waals surface area contributed by atoms with Crippen molar-refractivity contribution in [2.24, 2.45) is 0 Å². The molecule has 0 fully saturated rings. The molecule has 0 aliphatic heterocycles. The van der Waals surface area contributed by atoms with Crippen LogP contribution in [0.2, 0.25) is 0 Å². The first-order valence-electron chi connectivity index (χ1n) is 6.84. The number of aryl methyl sites for hydroxylation is 1. The minimum atomic E-state index is 0.114. The first-order valence-corrected chi connectivity index (χ1v) is 6.84. The highest BCUT2D eigenvalue weighted by Crippen LogP contribution is 2.45. The predicted molar refractivity (Wildman–Crippen MR) is 79.7 cm³/mol. The standard InChI is InChI=1S/C17H19NO/c1-3-18-12-5-7-14-13-6-4-11(2)8-15(13)17(10-19)16(14)9-12/h4-9,17-19H,3,10H2,1-2H3. The molecule has 2 aromatic rings. The Bertz CT molecular complexity index is 619. The van der Waals surface area contributed by atoms with E-state index in [1.54, 1.807) is 0 Å². The number of rotatable bonds is 3. The van der Waals surface area contributed by atoms with Crippen molar-refractivity contribution in [2.75, 3.05) is 18.5 Å². The van der Waals surface area contributed by atoms with Crippen molar-refractivity contribution in [3.63, 3.8) is 0 Å². The van der Waals surface area contributed by atoms with Crippen LogP contribution in [-0.4, -0.2) is 18.3 Å². The predicted octanol–water partition coefficient (Wildman–Crippen LogP) is 3.53. The van der Waals surface area contributed by atoms with Crippen molar-refractivity contribution >= 4 is 5.69 Å². The number of nitrogens with one attached hydrogen (secondary N) is 1. The molecule has 0 saturated carbocycles. The Morgan fingerprint density at radius 3 is 2.42 bits per heavy atom. The molecule has 2 aromatic carbocycles. The van der Waals surface area contributed by atoms with Crippen molar-refractivity contribution in [3.05, 3.63) is 53.1 Å². The molecule has 1 unspecified atom stereocenters. The molecule has 0 heterocycles. The molecule has 2 N–H and O–H groups in total. The van der Waals surface area contributed by atoms with Crippen molar-refractivity contribution in [1.29, 1.82) is 0 Å². The summed E-state index contributed by atoms with van der Waals surface area (Å²) in [5, 5.41) is 13.1. The van der Waals surface area contributed by atoms with Gasteiger partial charge in [-0.05, 0) is 48.2 Å². The summed E-state index contributed by atoms with van der Waals surface area (Å²) in [6.07, 6.45) is 0. The SMILES string of the molecule is CCNc1ccc2c(c1)C(CO)c1cc(C)ccc1-2. The van der Waals surface area contributed by atoms with Gasteiger partial charge in [0.15, 0.2) is 0 Å². The van der Waals surface area contributed by atoms with Crippen LogP contribution in [0.25, 0.3) is 11.1 Å². The molecule has 1 aliphatic carbocycles. The van der Waals surface area contributed by atoms with Crippen LogP contribution >= 0.6 is 0 Å². The lowest BCUT2D eigenvalue weighted by molar-refractivity contribution is 0.282. The lowest BCUT2D eigenvalue weighted by Gasteiger charge is -2.12. The van der Waals surface area contributed by atoms with Crippen molar-refractivity contribution in [3.8, 4) is 11.1 Å². The molecule has 0 saturated heterocycles. The number of anilines is 1. The van der Waals surface area contributed by atoms with Crippen LogP contribution in [0, 0.1) is 6.92 Å². The van der Waals surface area contributed by atoms with Gasteiger partial charge in [-0.2, -0.15) is 0 Å². The summed E-state index contributed by atoms with van der Waals surface area (Å²) in [7, 11) is 0. The summed E-state index contributed by atoms with van der Waals surface area (Å²) in [5.74, 6) is 0.114. The molecular formula is C17H19NO. The molecule has 19 heavy (non-hydrogen) atoms. The van der Waals surface area contributed by atoms with Crippen LogP contribution in [0.4, 0.5) is 5.69 Å². The number of hydrogen-bond donors (Lipinski definition) is 2. The molecule has 2 nitrogen and oxygen atoms in total. The van der Waals surface area contributed by atoms with Gasteiger partial charge in [-0.15, -0.1) is 0 Å². The average Bonchev–Trinajstić information content (AvgIpc) is 2.71. The summed E-state index contributed by atoms with van der Waals surface area (Å²) < 4.78 is 0. The molecule has 98 valence electrons. The first kappa shape index (κ1) is 12.2. The fourth-order valence-corrected chi connectivity index (χ4v) is 2.99. The zero-order valence-corrected chi connectivity index (χ0v) is 11.4. The summed E-state index contributed by atoms with van der Waals surface area (Å²) >= 11 is 0. The van der Waals surface area contributed by atoms with E-state index in [9.17, 15) is 5.11 Å². The summed E-state index contributed by atoms with van der Waals surface area (Å²) in [5.41, 5.74) is 7.40. The van der Waals surface area contributed by atoms with Gasteiger partial charge in [0.1, 0.15) is 0 Å². The zero-order chi connectivity index (χ0) is 13.4. The molecule has 0 bridgehead atoms. The Balaban J connectivity index is 2.15. The van der Waals surface area contributed by atoms with Gasteiger partial charge < -0.3 is 10.4 Å². The van der Waals surface area contributed by atoms with Crippen LogP contribution < -0.4 is 5.32 Å². The van der Waals surface area contributed by atoms with Gasteiger partial charge in [0, 0.05) is 18.2 Å². The number of hydrogen-bond acceptors (Lipinski definition) is 2. The Kier molecular flexibility index (Phi) is 3.03. The smallest absolute Gasteiger partial charge is 0.0540 e. The van der Waals surface area contributed by atoms with E-state index in [4.69, 9.17) is 0 Å². The number of benzene rings is 2.